The number of anilines is 1. The lowest BCUT2D eigenvalue weighted by Crippen LogP contribution is -2.14. The van der Waals surface area contributed by atoms with Crippen molar-refractivity contribution < 1.29 is 9.72 Å². The van der Waals surface area contributed by atoms with Crippen LogP contribution in [0.5, 0.6) is 0 Å². The lowest BCUT2D eigenvalue weighted by molar-refractivity contribution is -0.384. The number of benzene rings is 1. The summed E-state index contributed by atoms with van der Waals surface area (Å²) in [6.45, 7) is 0. The van der Waals surface area contributed by atoms with Crippen LogP contribution in [0.4, 0.5) is 11.4 Å². The first-order chi connectivity index (χ1) is 10.0. The van der Waals surface area contributed by atoms with Crippen molar-refractivity contribution in [2.75, 3.05) is 5.32 Å². The second-order valence-electron chi connectivity index (χ2n) is 4.69. The number of amides is 1. The fourth-order valence-corrected chi connectivity index (χ4v) is 2.28. The van der Waals surface area contributed by atoms with Crippen molar-refractivity contribution >= 4 is 33.2 Å². The van der Waals surface area contributed by atoms with Gasteiger partial charge in [0.15, 0.2) is 0 Å². The zero-order valence-corrected chi connectivity index (χ0v) is 12.3. The Labute approximate surface area is 127 Å². The Hall–Kier alpha value is -2.29. The van der Waals surface area contributed by atoms with E-state index in [0.29, 0.717) is 16.1 Å². The van der Waals surface area contributed by atoms with Gasteiger partial charge in [-0.3, -0.25) is 20.0 Å². The molecule has 0 aliphatic heterocycles. The number of non-ortho nitro benzene ring substituents is 1. The molecule has 9 heteroatoms. The predicted molar refractivity (Wildman–Crippen MR) is 77.1 cm³/mol. The van der Waals surface area contributed by atoms with Crippen molar-refractivity contribution in [1.82, 2.24) is 15.2 Å². The fourth-order valence-electron chi connectivity index (χ4n) is 1.81. The van der Waals surface area contributed by atoms with Crippen LogP contribution < -0.4 is 5.32 Å². The van der Waals surface area contributed by atoms with E-state index < -0.39 is 10.8 Å². The topological polar surface area (TPSA) is 114 Å². The van der Waals surface area contributed by atoms with E-state index in [9.17, 15) is 14.9 Å². The van der Waals surface area contributed by atoms with E-state index in [-0.39, 0.29) is 11.5 Å². The van der Waals surface area contributed by atoms with Gasteiger partial charge in [-0.15, -0.1) is 5.10 Å². The highest BCUT2D eigenvalue weighted by Crippen LogP contribution is 2.37. The third-order valence-corrected chi connectivity index (χ3v) is 3.74. The summed E-state index contributed by atoms with van der Waals surface area (Å²) in [7, 11) is 0. The van der Waals surface area contributed by atoms with E-state index in [0.717, 1.165) is 18.7 Å². The molecule has 108 valence electrons. The second kappa shape index (κ2) is 5.24. The molecule has 21 heavy (non-hydrogen) atoms. The molecular formula is C12H10BrN5O3. The van der Waals surface area contributed by atoms with E-state index >= 15 is 0 Å². The van der Waals surface area contributed by atoms with Crippen LogP contribution in [0.2, 0.25) is 0 Å². The number of halogens is 1. The number of hydrogen-bond acceptors (Lipinski definition) is 5. The van der Waals surface area contributed by atoms with Crippen molar-refractivity contribution in [2.45, 2.75) is 18.8 Å². The highest BCUT2D eigenvalue weighted by molar-refractivity contribution is 9.10. The molecule has 1 aromatic carbocycles. The van der Waals surface area contributed by atoms with Crippen LogP contribution in [0.1, 0.15) is 35.2 Å². The predicted octanol–water partition coefficient (Wildman–Crippen LogP) is 2.61. The van der Waals surface area contributed by atoms with Gasteiger partial charge in [-0.05, 0) is 34.8 Å². The summed E-state index contributed by atoms with van der Waals surface area (Å²) in [6.07, 6.45) is 2.12. The summed E-state index contributed by atoms with van der Waals surface area (Å²) in [5.74, 6) is 0.697. The van der Waals surface area contributed by atoms with Gasteiger partial charge in [-0.1, -0.05) is 0 Å². The molecular weight excluding hydrogens is 342 g/mol. The summed E-state index contributed by atoms with van der Waals surface area (Å²) >= 11 is 3.19. The van der Waals surface area contributed by atoms with Crippen LogP contribution in [-0.2, 0) is 0 Å². The van der Waals surface area contributed by atoms with Gasteiger partial charge in [0.1, 0.15) is 5.82 Å². The van der Waals surface area contributed by atoms with Gasteiger partial charge in [-0.25, -0.2) is 4.98 Å². The third-order valence-electron chi connectivity index (χ3n) is 3.08. The number of carbonyl (C=O) groups excluding carboxylic acids is 1. The molecule has 0 unspecified atom stereocenters. The molecule has 3 rings (SSSR count). The minimum atomic E-state index is -0.506. The number of nitro benzene ring substituents is 1. The fraction of sp³-hybridized carbons (Fsp3) is 0.250. The second-order valence-corrected chi connectivity index (χ2v) is 5.55. The zero-order chi connectivity index (χ0) is 15.0. The van der Waals surface area contributed by atoms with Crippen LogP contribution in [0.3, 0.4) is 0 Å². The summed E-state index contributed by atoms with van der Waals surface area (Å²) < 4.78 is 0.419. The quantitative estimate of drug-likeness (QED) is 0.649. The first-order valence-electron chi connectivity index (χ1n) is 6.22. The standard InChI is InChI=1S/C12H10BrN5O3/c13-8-5-7(18(20)21)3-4-9(8)14-12(19)11-15-10(16-17-11)6-1-2-6/h3-6H,1-2H2,(H,14,19)(H,15,16,17). The Morgan fingerprint density at radius 2 is 2.24 bits per heavy atom. The van der Waals surface area contributed by atoms with Crippen LogP contribution in [0, 0.1) is 10.1 Å². The lowest BCUT2D eigenvalue weighted by Gasteiger charge is -2.04. The van der Waals surface area contributed by atoms with E-state index in [1.54, 1.807) is 0 Å². The van der Waals surface area contributed by atoms with Gasteiger partial charge >= 0.3 is 0 Å². The zero-order valence-electron chi connectivity index (χ0n) is 10.7. The Balaban J connectivity index is 1.75. The van der Waals surface area contributed by atoms with E-state index in [4.69, 9.17) is 0 Å². The Morgan fingerprint density at radius 3 is 2.86 bits per heavy atom. The monoisotopic (exact) mass is 351 g/mol. The highest BCUT2D eigenvalue weighted by atomic mass is 79.9. The molecule has 1 fully saturated rings. The molecule has 0 radical (unpaired) electrons. The van der Waals surface area contributed by atoms with Gasteiger partial charge in [0.2, 0.25) is 5.82 Å². The molecule has 2 N–H and O–H groups in total. The number of nitrogens with one attached hydrogen (secondary N) is 2. The lowest BCUT2D eigenvalue weighted by atomic mass is 10.3. The van der Waals surface area contributed by atoms with Crippen molar-refractivity contribution in [3.63, 3.8) is 0 Å². The van der Waals surface area contributed by atoms with Gasteiger partial charge in [-0.2, -0.15) is 0 Å². The van der Waals surface area contributed by atoms with E-state index in [2.05, 4.69) is 36.4 Å². The van der Waals surface area contributed by atoms with Crippen LogP contribution in [0.25, 0.3) is 0 Å². The summed E-state index contributed by atoms with van der Waals surface area (Å²) in [5.41, 5.74) is 0.358. The summed E-state index contributed by atoms with van der Waals surface area (Å²) in [6, 6.07) is 4.09. The molecule has 0 bridgehead atoms. The molecule has 1 saturated carbocycles. The first-order valence-corrected chi connectivity index (χ1v) is 7.01. The van der Waals surface area contributed by atoms with E-state index in [1.807, 2.05) is 0 Å². The number of aromatic amines is 1. The Morgan fingerprint density at radius 1 is 1.48 bits per heavy atom. The van der Waals surface area contributed by atoms with E-state index in [1.165, 1.54) is 18.2 Å². The smallest absolute Gasteiger partial charge is 0.295 e. The van der Waals surface area contributed by atoms with Gasteiger partial charge < -0.3 is 5.32 Å². The molecule has 1 aliphatic carbocycles. The number of nitrogens with zero attached hydrogens (tertiary/aromatic N) is 3. The summed E-state index contributed by atoms with van der Waals surface area (Å²) in [5, 5.41) is 19.9. The molecule has 0 saturated heterocycles. The van der Waals surface area contributed by atoms with Crippen LogP contribution in [0.15, 0.2) is 22.7 Å². The van der Waals surface area contributed by atoms with Crippen molar-refractivity contribution in [3.05, 3.63) is 44.4 Å². The molecule has 1 heterocycles. The Bertz CT molecular complexity index is 725. The average molecular weight is 352 g/mol. The minimum absolute atomic E-state index is 0.0575. The Kier molecular flexibility index (Phi) is 3.42. The number of nitro groups is 1. The maximum atomic E-state index is 12.0. The SMILES string of the molecule is O=C(Nc1ccc([N+](=O)[O-])cc1Br)c1n[nH]c(C2CC2)n1. The van der Waals surface area contributed by atoms with Crippen LogP contribution >= 0.6 is 15.9 Å². The molecule has 1 amide bonds. The number of hydrogen-bond donors (Lipinski definition) is 2. The first kappa shape index (κ1) is 13.7. The molecule has 1 aromatic heterocycles. The number of carbonyl (C=O) groups is 1. The maximum Gasteiger partial charge on any atom is 0.295 e. The van der Waals surface area contributed by atoms with Crippen molar-refractivity contribution in [2.24, 2.45) is 0 Å². The number of rotatable bonds is 4. The van der Waals surface area contributed by atoms with Crippen molar-refractivity contribution in [1.29, 1.82) is 0 Å². The minimum Gasteiger partial charge on any atom is -0.318 e. The largest absolute Gasteiger partial charge is 0.318 e. The average Bonchev–Trinajstić information content (AvgIpc) is 3.18. The summed E-state index contributed by atoms with van der Waals surface area (Å²) in [4.78, 5) is 26.3. The molecule has 2 aromatic rings. The van der Waals surface area contributed by atoms with Gasteiger partial charge in [0.25, 0.3) is 11.6 Å². The van der Waals surface area contributed by atoms with Crippen molar-refractivity contribution in [3.8, 4) is 0 Å². The molecule has 0 atom stereocenters. The third kappa shape index (κ3) is 2.92. The number of H-pyrrole nitrogens is 1. The molecule has 8 nitrogen and oxygen atoms in total. The van der Waals surface area contributed by atoms with Crippen LogP contribution in [-0.4, -0.2) is 26.0 Å². The number of aromatic nitrogens is 3. The molecule has 0 spiro atoms. The maximum absolute atomic E-state index is 12.0. The molecule has 1 aliphatic rings. The van der Waals surface area contributed by atoms with Gasteiger partial charge in [0, 0.05) is 22.5 Å². The highest BCUT2D eigenvalue weighted by Gasteiger charge is 2.28. The normalized spacial score (nSPS) is 14.0. The van der Waals surface area contributed by atoms with Gasteiger partial charge in [0.05, 0.1) is 10.6 Å².